The van der Waals surface area contributed by atoms with E-state index in [1.165, 1.54) is 0 Å². The molecule has 0 aromatic rings. The zero-order chi connectivity index (χ0) is 25.0. The monoisotopic (exact) mass is 462 g/mol. The van der Waals surface area contributed by atoms with E-state index < -0.39 is 91.6 Å². The molecule has 5 unspecified atom stereocenters. The maximum absolute atomic E-state index is 12.6. The number of amides is 3. The number of carbonyl (C=O) groups excluding carboxylic acids is 3. The molecule has 9 N–H and O–H groups in total. The minimum Gasteiger partial charge on any atom is -0.481 e. The fourth-order valence-corrected chi connectivity index (χ4v) is 2.49. The number of rotatable bonds is 15. The third-order valence-corrected chi connectivity index (χ3v) is 4.60. The minimum atomic E-state index is -1.71. The molecule has 0 saturated carbocycles. The molecule has 0 fully saturated rings. The Morgan fingerprint density at radius 2 is 1.38 bits per heavy atom. The van der Waals surface area contributed by atoms with Crippen molar-refractivity contribution in [2.45, 2.75) is 63.7 Å². The first-order chi connectivity index (χ1) is 14.8. The van der Waals surface area contributed by atoms with Crippen LogP contribution in [-0.4, -0.2) is 86.8 Å². The second-order valence-electron chi connectivity index (χ2n) is 7.15. The SMILES string of the molecule is CCC(C)C(NC(=O)C(CC(=O)O)NC(=O)C(CCC(=O)O)NC(=O)C(N)CO)C(=O)O. The van der Waals surface area contributed by atoms with Crippen LogP contribution in [0.5, 0.6) is 0 Å². The lowest BCUT2D eigenvalue weighted by atomic mass is 9.98. The molecule has 0 aromatic carbocycles. The van der Waals surface area contributed by atoms with Gasteiger partial charge in [0.2, 0.25) is 17.7 Å². The number of aliphatic hydroxyl groups excluding tert-OH is 1. The first-order valence-electron chi connectivity index (χ1n) is 9.77. The van der Waals surface area contributed by atoms with E-state index in [2.05, 4.69) is 16.0 Å². The van der Waals surface area contributed by atoms with Crippen LogP contribution in [0.25, 0.3) is 0 Å². The molecule has 182 valence electrons. The van der Waals surface area contributed by atoms with Gasteiger partial charge in [-0.3, -0.25) is 24.0 Å². The topological polar surface area (TPSA) is 245 Å². The Labute approximate surface area is 183 Å². The van der Waals surface area contributed by atoms with Gasteiger partial charge in [-0.05, 0) is 12.3 Å². The summed E-state index contributed by atoms with van der Waals surface area (Å²) in [5.74, 6) is -7.75. The van der Waals surface area contributed by atoms with Gasteiger partial charge in [-0.15, -0.1) is 0 Å². The van der Waals surface area contributed by atoms with Gasteiger partial charge in [0.15, 0.2) is 0 Å². The molecule has 32 heavy (non-hydrogen) atoms. The summed E-state index contributed by atoms with van der Waals surface area (Å²) >= 11 is 0. The molecule has 14 nitrogen and oxygen atoms in total. The van der Waals surface area contributed by atoms with Crippen LogP contribution in [0.4, 0.5) is 0 Å². The standard InChI is InChI=1S/C18H30N4O10/c1-3-8(2)14(18(31)32)22-17(30)11(6-13(26)27)21-16(29)10(4-5-12(24)25)20-15(28)9(19)7-23/h8-11,14,23H,3-7,19H2,1-2H3,(H,20,28)(H,21,29)(H,22,30)(H,24,25)(H,26,27)(H,31,32). The highest BCUT2D eigenvalue weighted by atomic mass is 16.4. The molecule has 0 aliphatic rings. The Bertz CT molecular complexity index is 714. The van der Waals surface area contributed by atoms with Crippen molar-refractivity contribution in [3.63, 3.8) is 0 Å². The summed E-state index contributed by atoms with van der Waals surface area (Å²) in [5, 5.41) is 42.6. The lowest BCUT2D eigenvalue weighted by Gasteiger charge is -2.25. The lowest BCUT2D eigenvalue weighted by Crippen LogP contribution is -2.58. The van der Waals surface area contributed by atoms with E-state index >= 15 is 0 Å². The summed E-state index contributed by atoms with van der Waals surface area (Å²) in [6.45, 7) is 2.50. The van der Waals surface area contributed by atoms with E-state index in [1.54, 1.807) is 13.8 Å². The van der Waals surface area contributed by atoms with Crippen molar-refractivity contribution in [2.75, 3.05) is 6.61 Å². The first-order valence-corrected chi connectivity index (χ1v) is 9.77. The van der Waals surface area contributed by atoms with Gasteiger partial charge >= 0.3 is 17.9 Å². The van der Waals surface area contributed by atoms with Crippen molar-refractivity contribution in [1.29, 1.82) is 0 Å². The zero-order valence-electron chi connectivity index (χ0n) is 17.7. The number of aliphatic hydroxyl groups is 1. The van der Waals surface area contributed by atoms with Crippen LogP contribution in [0, 0.1) is 5.92 Å². The van der Waals surface area contributed by atoms with Crippen molar-refractivity contribution in [2.24, 2.45) is 11.7 Å². The Morgan fingerprint density at radius 1 is 0.844 bits per heavy atom. The highest BCUT2D eigenvalue weighted by Crippen LogP contribution is 2.09. The van der Waals surface area contributed by atoms with Crippen LogP contribution in [0.3, 0.4) is 0 Å². The van der Waals surface area contributed by atoms with Gasteiger partial charge in [0.1, 0.15) is 24.2 Å². The largest absolute Gasteiger partial charge is 0.481 e. The Morgan fingerprint density at radius 3 is 1.81 bits per heavy atom. The fourth-order valence-electron chi connectivity index (χ4n) is 2.49. The summed E-state index contributed by atoms with van der Waals surface area (Å²) in [6, 6.07) is -5.96. The smallest absolute Gasteiger partial charge is 0.326 e. The molecule has 0 bridgehead atoms. The number of hydrogen-bond acceptors (Lipinski definition) is 8. The van der Waals surface area contributed by atoms with Crippen molar-refractivity contribution in [3.05, 3.63) is 0 Å². The van der Waals surface area contributed by atoms with Gasteiger partial charge in [0.05, 0.1) is 13.0 Å². The third-order valence-electron chi connectivity index (χ3n) is 4.60. The molecule has 0 spiro atoms. The van der Waals surface area contributed by atoms with E-state index in [9.17, 15) is 33.9 Å². The summed E-state index contributed by atoms with van der Waals surface area (Å²) in [7, 11) is 0. The van der Waals surface area contributed by atoms with Gasteiger partial charge in [-0.2, -0.15) is 0 Å². The fraction of sp³-hybridized carbons (Fsp3) is 0.667. The molecular weight excluding hydrogens is 432 g/mol. The number of carbonyl (C=O) groups is 6. The maximum Gasteiger partial charge on any atom is 0.326 e. The average Bonchev–Trinajstić information content (AvgIpc) is 2.71. The first kappa shape index (κ1) is 28.7. The van der Waals surface area contributed by atoms with Crippen LogP contribution in [0.1, 0.15) is 39.5 Å². The molecule has 0 heterocycles. The molecule has 0 aliphatic carbocycles. The summed E-state index contributed by atoms with van der Waals surface area (Å²) in [6.07, 6.45) is -1.49. The van der Waals surface area contributed by atoms with Gasteiger partial charge in [-0.25, -0.2) is 4.79 Å². The van der Waals surface area contributed by atoms with Crippen molar-refractivity contribution < 1.29 is 49.2 Å². The minimum absolute atomic E-state index is 0.390. The van der Waals surface area contributed by atoms with Gasteiger partial charge in [0, 0.05) is 6.42 Å². The molecule has 0 radical (unpaired) electrons. The average molecular weight is 462 g/mol. The summed E-state index contributed by atoms with van der Waals surface area (Å²) < 4.78 is 0. The maximum atomic E-state index is 12.6. The lowest BCUT2D eigenvalue weighted by molar-refractivity contribution is -0.144. The number of nitrogens with two attached hydrogens (primary N) is 1. The number of carboxylic acid groups (broad SMARTS) is 3. The van der Waals surface area contributed by atoms with Crippen molar-refractivity contribution in [3.8, 4) is 0 Å². The van der Waals surface area contributed by atoms with E-state index in [0.29, 0.717) is 6.42 Å². The molecule has 14 heteroatoms. The van der Waals surface area contributed by atoms with E-state index in [-0.39, 0.29) is 0 Å². The predicted molar refractivity (Wildman–Crippen MR) is 107 cm³/mol. The number of aliphatic carboxylic acids is 3. The third kappa shape index (κ3) is 10.2. The Hall–Kier alpha value is -3.26. The molecule has 3 amide bonds. The number of nitrogens with one attached hydrogen (secondary N) is 3. The van der Waals surface area contributed by atoms with Crippen LogP contribution >= 0.6 is 0 Å². The van der Waals surface area contributed by atoms with Crippen LogP contribution < -0.4 is 21.7 Å². The molecule has 5 atom stereocenters. The molecule has 0 aromatic heterocycles. The molecular formula is C18H30N4O10. The number of carboxylic acids is 3. The highest BCUT2D eigenvalue weighted by molar-refractivity contribution is 5.95. The van der Waals surface area contributed by atoms with Crippen molar-refractivity contribution in [1.82, 2.24) is 16.0 Å². The zero-order valence-corrected chi connectivity index (χ0v) is 17.7. The van der Waals surface area contributed by atoms with Crippen LogP contribution in [0.15, 0.2) is 0 Å². The van der Waals surface area contributed by atoms with Crippen molar-refractivity contribution >= 4 is 35.6 Å². The second-order valence-corrected chi connectivity index (χ2v) is 7.15. The van der Waals surface area contributed by atoms with E-state index in [1.807, 2.05) is 0 Å². The molecule has 0 aliphatic heterocycles. The van der Waals surface area contributed by atoms with E-state index in [0.717, 1.165) is 0 Å². The van der Waals surface area contributed by atoms with Gasteiger partial charge < -0.3 is 42.1 Å². The molecule has 0 saturated heterocycles. The van der Waals surface area contributed by atoms with Crippen LogP contribution in [-0.2, 0) is 28.8 Å². The summed E-state index contributed by atoms with van der Waals surface area (Å²) in [5.41, 5.74) is 5.35. The van der Waals surface area contributed by atoms with Gasteiger partial charge in [-0.1, -0.05) is 20.3 Å². The normalized spacial score (nSPS) is 15.4. The Balaban J connectivity index is 5.58. The summed E-state index contributed by atoms with van der Waals surface area (Å²) in [4.78, 5) is 70.4. The van der Waals surface area contributed by atoms with Gasteiger partial charge in [0.25, 0.3) is 0 Å². The Kier molecular flexibility index (Phi) is 12.5. The second kappa shape index (κ2) is 13.9. The highest BCUT2D eigenvalue weighted by Gasteiger charge is 2.33. The predicted octanol–water partition coefficient (Wildman–Crippen LogP) is -2.77. The number of hydrogen-bond donors (Lipinski definition) is 8. The van der Waals surface area contributed by atoms with E-state index in [4.69, 9.17) is 21.1 Å². The quantitative estimate of drug-likeness (QED) is 0.124. The van der Waals surface area contributed by atoms with Crippen LogP contribution in [0.2, 0.25) is 0 Å². The molecule has 0 rings (SSSR count).